The van der Waals surface area contributed by atoms with Gasteiger partial charge in [-0.25, -0.2) is 4.79 Å². The fourth-order valence-corrected chi connectivity index (χ4v) is 4.22. The van der Waals surface area contributed by atoms with Gasteiger partial charge in [0.1, 0.15) is 30.5 Å². The van der Waals surface area contributed by atoms with Gasteiger partial charge in [0.25, 0.3) is 0 Å². The van der Waals surface area contributed by atoms with Gasteiger partial charge in [-0.1, -0.05) is 42.5 Å². The van der Waals surface area contributed by atoms with E-state index in [-0.39, 0.29) is 30.4 Å². The SMILES string of the molecule is COc1cccc(C(=O)[NH2+]C2CCN(C(COc3ccccc3)COc3ccccc3)CC2)c1.[Cl-]. The highest BCUT2D eigenvalue weighted by molar-refractivity contribution is 5.87. The summed E-state index contributed by atoms with van der Waals surface area (Å²) in [7, 11) is 1.61. The van der Waals surface area contributed by atoms with Crippen LogP contribution in [0.3, 0.4) is 0 Å². The molecule has 35 heavy (non-hydrogen) atoms. The summed E-state index contributed by atoms with van der Waals surface area (Å²) < 4.78 is 17.4. The van der Waals surface area contributed by atoms with Crippen molar-refractivity contribution < 1.29 is 36.7 Å². The number of hydrogen-bond donors (Lipinski definition) is 1. The molecule has 0 aromatic heterocycles. The second kappa shape index (κ2) is 13.7. The number of amides is 1. The first kappa shape index (κ1) is 26.5. The Hall–Kier alpha value is -3.06. The van der Waals surface area contributed by atoms with Crippen LogP contribution in [-0.4, -0.2) is 56.3 Å². The number of carbonyl (C=O) groups excluding carboxylic acids is 1. The van der Waals surface area contributed by atoms with Crippen molar-refractivity contribution in [2.45, 2.75) is 24.9 Å². The van der Waals surface area contributed by atoms with Crippen molar-refractivity contribution in [1.29, 1.82) is 0 Å². The van der Waals surface area contributed by atoms with E-state index < -0.39 is 0 Å². The molecule has 0 radical (unpaired) electrons. The second-order valence-electron chi connectivity index (χ2n) is 8.54. The molecule has 7 heteroatoms. The number of nitrogens with zero attached hydrogens (tertiary/aromatic N) is 1. The number of benzene rings is 3. The molecular weight excluding hydrogens is 464 g/mol. The summed E-state index contributed by atoms with van der Waals surface area (Å²) in [5.41, 5.74) is 0.673. The molecule has 1 amide bonds. The number of quaternary nitrogens is 1. The highest BCUT2D eigenvalue weighted by Crippen LogP contribution is 2.17. The van der Waals surface area contributed by atoms with E-state index in [0.717, 1.165) is 37.4 Å². The van der Waals surface area contributed by atoms with Gasteiger partial charge in [0.2, 0.25) is 0 Å². The molecule has 3 aromatic rings. The first-order chi connectivity index (χ1) is 16.7. The molecular formula is C28H33ClN2O4. The number of piperidine rings is 1. The third-order valence-electron chi connectivity index (χ3n) is 6.20. The van der Waals surface area contributed by atoms with Crippen molar-refractivity contribution in [3.63, 3.8) is 0 Å². The Morgan fingerprint density at radius 2 is 1.40 bits per heavy atom. The van der Waals surface area contributed by atoms with Crippen LogP contribution in [0.15, 0.2) is 84.9 Å². The van der Waals surface area contributed by atoms with Gasteiger partial charge in [-0.2, -0.15) is 0 Å². The fraction of sp³-hybridized carbons (Fsp3) is 0.321. The minimum atomic E-state index is 0. The zero-order valence-electron chi connectivity index (χ0n) is 20.0. The Balaban J connectivity index is 0.00000342. The lowest BCUT2D eigenvalue weighted by Gasteiger charge is -2.36. The Morgan fingerprint density at radius 1 is 0.857 bits per heavy atom. The minimum Gasteiger partial charge on any atom is -1.00 e. The van der Waals surface area contributed by atoms with Crippen molar-refractivity contribution in [3.8, 4) is 17.2 Å². The number of hydrogen-bond acceptors (Lipinski definition) is 5. The van der Waals surface area contributed by atoms with E-state index in [0.29, 0.717) is 24.5 Å². The molecule has 2 N–H and O–H groups in total. The fourth-order valence-electron chi connectivity index (χ4n) is 4.22. The third kappa shape index (κ3) is 7.99. The molecule has 1 aliphatic heterocycles. The monoisotopic (exact) mass is 496 g/mol. The average Bonchev–Trinajstić information content (AvgIpc) is 2.90. The maximum Gasteiger partial charge on any atom is 0.342 e. The van der Waals surface area contributed by atoms with E-state index in [1.165, 1.54) is 0 Å². The van der Waals surface area contributed by atoms with Crippen LogP contribution in [0.2, 0.25) is 0 Å². The molecule has 0 aliphatic carbocycles. The summed E-state index contributed by atoms with van der Waals surface area (Å²) in [6.45, 7) is 2.89. The summed E-state index contributed by atoms with van der Waals surface area (Å²) in [5, 5.41) is 1.88. The molecule has 0 atom stereocenters. The largest absolute Gasteiger partial charge is 1.00 e. The Morgan fingerprint density at radius 3 is 1.94 bits per heavy atom. The van der Waals surface area contributed by atoms with Crippen LogP contribution in [0, 0.1) is 0 Å². The minimum absolute atomic E-state index is 0. The molecule has 1 heterocycles. The Labute approximate surface area is 213 Å². The van der Waals surface area contributed by atoms with Crippen LogP contribution >= 0.6 is 0 Å². The number of likely N-dealkylation sites (tertiary alicyclic amines) is 1. The number of methoxy groups -OCH3 is 1. The lowest BCUT2D eigenvalue weighted by molar-refractivity contribution is -0.598. The molecule has 3 aromatic carbocycles. The van der Waals surface area contributed by atoms with E-state index in [1.807, 2.05) is 84.2 Å². The molecule has 186 valence electrons. The van der Waals surface area contributed by atoms with Crippen molar-refractivity contribution in [2.24, 2.45) is 0 Å². The molecule has 1 fully saturated rings. The smallest absolute Gasteiger partial charge is 0.342 e. The van der Waals surface area contributed by atoms with Crippen LogP contribution in [0.25, 0.3) is 0 Å². The first-order valence-electron chi connectivity index (χ1n) is 11.8. The molecule has 0 saturated carbocycles. The van der Waals surface area contributed by atoms with Crippen LogP contribution in [0.4, 0.5) is 0 Å². The van der Waals surface area contributed by atoms with Gasteiger partial charge >= 0.3 is 5.91 Å². The van der Waals surface area contributed by atoms with Crippen LogP contribution in [0.5, 0.6) is 17.2 Å². The standard InChI is InChI=1S/C28H32N2O4.ClH/c1-32-27-14-8-9-22(19-27)28(31)29-23-15-17-30(18-16-23)24(20-33-25-10-4-2-5-11-25)21-34-26-12-6-3-7-13-26;/h2-14,19,23-24H,15-18,20-21H2,1H3,(H,29,31);1H. The van der Waals surface area contributed by atoms with Crippen molar-refractivity contribution in [2.75, 3.05) is 33.4 Å². The highest BCUT2D eigenvalue weighted by atomic mass is 35.5. The van der Waals surface area contributed by atoms with E-state index in [1.54, 1.807) is 13.2 Å². The van der Waals surface area contributed by atoms with Crippen LogP contribution in [0.1, 0.15) is 23.2 Å². The zero-order valence-corrected chi connectivity index (χ0v) is 20.8. The molecule has 1 saturated heterocycles. The lowest BCUT2D eigenvalue weighted by atomic mass is 10.0. The Bertz CT molecular complexity index is 984. The normalized spacial score (nSPS) is 14.2. The van der Waals surface area contributed by atoms with Gasteiger partial charge < -0.3 is 26.6 Å². The molecule has 0 bridgehead atoms. The second-order valence-corrected chi connectivity index (χ2v) is 8.54. The molecule has 1 aliphatic rings. The van der Waals surface area contributed by atoms with Gasteiger partial charge in [0.15, 0.2) is 0 Å². The predicted molar refractivity (Wildman–Crippen MR) is 132 cm³/mol. The molecule has 4 rings (SSSR count). The van der Waals surface area contributed by atoms with Gasteiger partial charge in [-0.15, -0.1) is 0 Å². The highest BCUT2D eigenvalue weighted by Gasteiger charge is 2.29. The van der Waals surface area contributed by atoms with E-state index in [2.05, 4.69) is 4.90 Å². The molecule has 0 unspecified atom stereocenters. The van der Waals surface area contributed by atoms with Crippen molar-refractivity contribution >= 4 is 5.91 Å². The number of nitrogens with two attached hydrogens (primary N) is 1. The molecule has 6 nitrogen and oxygen atoms in total. The zero-order chi connectivity index (χ0) is 23.6. The summed E-state index contributed by atoms with van der Waals surface area (Å²) in [5.74, 6) is 2.49. The molecule has 0 spiro atoms. The Kier molecular flexibility index (Phi) is 10.4. The van der Waals surface area contributed by atoms with Crippen LogP contribution in [-0.2, 0) is 0 Å². The summed E-state index contributed by atoms with van der Waals surface area (Å²) >= 11 is 0. The first-order valence-corrected chi connectivity index (χ1v) is 11.8. The van der Waals surface area contributed by atoms with Gasteiger partial charge in [-0.3, -0.25) is 10.2 Å². The summed E-state index contributed by atoms with van der Waals surface area (Å²) in [4.78, 5) is 15.2. The number of carbonyl (C=O) groups is 1. The van der Waals surface area contributed by atoms with E-state index in [4.69, 9.17) is 14.2 Å². The predicted octanol–water partition coefficient (Wildman–Crippen LogP) is 0.394. The van der Waals surface area contributed by atoms with Crippen molar-refractivity contribution in [1.82, 2.24) is 4.90 Å². The van der Waals surface area contributed by atoms with Gasteiger partial charge in [0.05, 0.1) is 24.8 Å². The van der Waals surface area contributed by atoms with E-state index >= 15 is 0 Å². The number of rotatable bonds is 10. The van der Waals surface area contributed by atoms with E-state index in [9.17, 15) is 4.79 Å². The summed E-state index contributed by atoms with van der Waals surface area (Å²) in [6.07, 6.45) is 1.87. The van der Waals surface area contributed by atoms with Crippen molar-refractivity contribution in [3.05, 3.63) is 90.5 Å². The summed E-state index contributed by atoms with van der Waals surface area (Å²) in [6, 6.07) is 27.5. The number of primary amides is 1. The third-order valence-corrected chi connectivity index (χ3v) is 6.20. The van der Waals surface area contributed by atoms with Crippen LogP contribution < -0.4 is 31.9 Å². The quantitative estimate of drug-likeness (QED) is 0.440. The maximum atomic E-state index is 12.8. The van der Waals surface area contributed by atoms with Gasteiger partial charge in [-0.05, 0) is 42.5 Å². The maximum absolute atomic E-state index is 12.8. The lowest BCUT2D eigenvalue weighted by Crippen LogP contribution is -3.00. The number of halogens is 1. The topological polar surface area (TPSA) is 64.6 Å². The van der Waals surface area contributed by atoms with Gasteiger partial charge in [0, 0.05) is 25.9 Å². The average molecular weight is 497 g/mol. The number of ether oxygens (including phenoxy) is 3. The number of para-hydroxylation sites is 2.